The van der Waals surface area contributed by atoms with Crippen molar-refractivity contribution in [2.75, 3.05) is 18.6 Å². The predicted octanol–water partition coefficient (Wildman–Crippen LogP) is 2.76. The van der Waals surface area contributed by atoms with Crippen molar-refractivity contribution in [2.45, 2.75) is 58.4 Å². The normalized spacial score (nSPS) is 11.9. The molecule has 0 aliphatic rings. The standard InChI is InChI=1S/C14H27NO3S/c1-4-5-6-7-8-10-18-14(17)13(9-11-19-3)15-12(2)16/h13H,4-11H2,1-3H3,(H,15,16)/t13-/m1/s1. The van der Waals surface area contributed by atoms with Crippen molar-refractivity contribution >= 4 is 23.6 Å². The smallest absolute Gasteiger partial charge is 0.328 e. The van der Waals surface area contributed by atoms with Gasteiger partial charge in [-0.3, -0.25) is 4.79 Å². The van der Waals surface area contributed by atoms with E-state index in [9.17, 15) is 9.59 Å². The van der Waals surface area contributed by atoms with E-state index in [1.165, 1.54) is 26.2 Å². The lowest BCUT2D eigenvalue weighted by atomic mass is 10.2. The molecule has 0 aliphatic heterocycles. The number of unbranched alkanes of at least 4 members (excludes halogenated alkanes) is 4. The molecule has 0 aliphatic carbocycles. The predicted molar refractivity (Wildman–Crippen MR) is 80.3 cm³/mol. The van der Waals surface area contributed by atoms with Gasteiger partial charge in [-0.1, -0.05) is 32.6 Å². The molecular weight excluding hydrogens is 262 g/mol. The molecule has 0 unspecified atom stereocenters. The highest BCUT2D eigenvalue weighted by Crippen LogP contribution is 2.05. The minimum atomic E-state index is -0.499. The second-order valence-corrected chi connectivity index (χ2v) is 5.60. The molecule has 0 saturated carbocycles. The third kappa shape index (κ3) is 10.9. The summed E-state index contributed by atoms with van der Waals surface area (Å²) in [5.41, 5.74) is 0. The van der Waals surface area contributed by atoms with E-state index in [0.717, 1.165) is 18.6 Å². The third-order valence-corrected chi connectivity index (χ3v) is 3.41. The summed E-state index contributed by atoms with van der Waals surface area (Å²) < 4.78 is 5.22. The van der Waals surface area contributed by atoms with Crippen LogP contribution in [-0.2, 0) is 14.3 Å². The second kappa shape index (κ2) is 12.3. The lowest BCUT2D eigenvalue weighted by Gasteiger charge is -2.16. The fraction of sp³-hybridized carbons (Fsp3) is 0.857. The Bertz CT molecular complexity index is 259. The SMILES string of the molecule is CCCCCCCOC(=O)[C@@H](CCSC)NC(C)=O. The maximum atomic E-state index is 11.8. The van der Waals surface area contributed by atoms with Crippen LogP contribution in [0.15, 0.2) is 0 Å². The van der Waals surface area contributed by atoms with Gasteiger partial charge < -0.3 is 10.1 Å². The zero-order valence-corrected chi connectivity index (χ0v) is 13.2. The van der Waals surface area contributed by atoms with E-state index < -0.39 is 6.04 Å². The van der Waals surface area contributed by atoms with Crippen LogP contribution in [0.3, 0.4) is 0 Å². The zero-order chi connectivity index (χ0) is 14.5. The number of hydrogen-bond donors (Lipinski definition) is 1. The monoisotopic (exact) mass is 289 g/mol. The maximum Gasteiger partial charge on any atom is 0.328 e. The summed E-state index contributed by atoms with van der Waals surface area (Å²) in [4.78, 5) is 22.9. The number of carbonyl (C=O) groups excluding carboxylic acids is 2. The van der Waals surface area contributed by atoms with Crippen molar-refractivity contribution < 1.29 is 14.3 Å². The van der Waals surface area contributed by atoms with Crippen LogP contribution in [0.5, 0.6) is 0 Å². The van der Waals surface area contributed by atoms with Gasteiger partial charge in [0.05, 0.1) is 6.61 Å². The number of esters is 1. The third-order valence-electron chi connectivity index (χ3n) is 2.76. The van der Waals surface area contributed by atoms with E-state index >= 15 is 0 Å². The number of ether oxygens (including phenoxy) is 1. The summed E-state index contributed by atoms with van der Waals surface area (Å²) in [6.45, 7) is 4.05. The Morgan fingerprint density at radius 1 is 1.21 bits per heavy atom. The van der Waals surface area contributed by atoms with Gasteiger partial charge in [0.2, 0.25) is 5.91 Å². The Labute approximate surface area is 121 Å². The van der Waals surface area contributed by atoms with Gasteiger partial charge in [0.25, 0.3) is 0 Å². The number of amides is 1. The maximum absolute atomic E-state index is 11.8. The highest BCUT2D eigenvalue weighted by atomic mass is 32.2. The molecule has 0 fully saturated rings. The lowest BCUT2D eigenvalue weighted by molar-refractivity contribution is -0.147. The zero-order valence-electron chi connectivity index (χ0n) is 12.4. The van der Waals surface area contributed by atoms with Crippen LogP contribution in [0.4, 0.5) is 0 Å². The fourth-order valence-electron chi connectivity index (χ4n) is 1.71. The first-order valence-corrected chi connectivity index (χ1v) is 8.43. The van der Waals surface area contributed by atoms with Gasteiger partial charge in [0.15, 0.2) is 0 Å². The molecule has 0 aromatic carbocycles. The van der Waals surface area contributed by atoms with E-state index in [1.54, 1.807) is 11.8 Å². The van der Waals surface area contributed by atoms with Crippen LogP contribution in [0, 0.1) is 0 Å². The van der Waals surface area contributed by atoms with E-state index in [1.807, 2.05) is 6.26 Å². The topological polar surface area (TPSA) is 55.4 Å². The minimum absolute atomic E-state index is 0.189. The Hall–Kier alpha value is -0.710. The van der Waals surface area contributed by atoms with Crippen molar-refractivity contribution in [1.29, 1.82) is 0 Å². The summed E-state index contributed by atoms with van der Waals surface area (Å²) in [7, 11) is 0. The van der Waals surface area contributed by atoms with Crippen molar-refractivity contribution in [1.82, 2.24) is 5.32 Å². The average molecular weight is 289 g/mol. The molecule has 112 valence electrons. The summed E-state index contributed by atoms with van der Waals surface area (Å²) in [5.74, 6) is 0.335. The Morgan fingerprint density at radius 2 is 1.89 bits per heavy atom. The molecule has 5 heteroatoms. The van der Waals surface area contributed by atoms with E-state index in [-0.39, 0.29) is 11.9 Å². The van der Waals surface area contributed by atoms with Gasteiger partial charge >= 0.3 is 5.97 Å². The van der Waals surface area contributed by atoms with E-state index in [0.29, 0.717) is 13.0 Å². The van der Waals surface area contributed by atoms with Crippen LogP contribution in [0.2, 0.25) is 0 Å². The highest BCUT2D eigenvalue weighted by Gasteiger charge is 2.20. The lowest BCUT2D eigenvalue weighted by Crippen LogP contribution is -2.41. The molecule has 0 spiro atoms. The molecule has 0 rings (SSSR count). The van der Waals surface area contributed by atoms with E-state index in [4.69, 9.17) is 4.74 Å². The van der Waals surface area contributed by atoms with Gasteiger partial charge in [0.1, 0.15) is 6.04 Å². The van der Waals surface area contributed by atoms with Crippen molar-refractivity contribution in [3.8, 4) is 0 Å². The summed E-state index contributed by atoms with van der Waals surface area (Å²) >= 11 is 1.65. The number of hydrogen-bond acceptors (Lipinski definition) is 4. The molecule has 1 N–H and O–H groups in total. The van der Waals surface area contributed by atoms with Crippen LogP contribution in [0.25, 0.3) is 0 Å². The van der Waals surface area contributed by atoms with E-state index in [2.05, 4.69) is 12.2 Å². The first-order chi connectivity index (χ1) is 9.11. The summed E-state index contributed by atoms with van der Waals surface area (Å²) in [6, 6.07) is -0.499. The van der Waals surface area contributed by atoms with Gasteiger partial charge in [0, 0.05) is 6.92 Å². The molecule has 4 nitrogen and oxygen atoms in total. The van der Waals surface area contributed by atoms with Crippen LogP contribution >= 0.6 is 11.8 Å². The largest absolute Gasteiger partial charge is 0.464 e. The first-order valence-electron chi connectivity index (χ1n) is 7.04. The van der Waals surface area contributed by atoms with Crippen LogP contribution in [0.1, 0.15) is 52.4 Å². The molecule has 0 heterocycles. The second-order valence-electron chi connectivity index (χ2n) is 4.62. The minimum Gasteiger partial charge on any atom is -0.464 e. The van der Waals surface area contributed by atoms with Crippen molar-refractivity contribution in [3.63, 3.8) is 0 Å². The molecule has 0 saturated heterocycles. The first kappa shape index (κ1) is 18.3. The highest BCUT2D eigenvalue weighted by molar-refractivity contribution is 7.98. The quantitative estimate of drug-likeness (QED) is 0.469. The fourth-order valence-corrected chi connectivity index (χ4v) is 2.18. The number of carbonyl (C=O) groups is 2. The molecule has 19 heavy (non-hydrogen) atoms. The molecular formula is C14H27NO3S. The van der Waals surface area contributed by atoms with Gasteiger partial charge in [-0.05, 0) is 24.9 Å². The number of nitrogens with one attached hydrogen (secondary N) is 1. The molecule has 0 aromatic heterocycles. The Morgan fingerprint density at radius 3 is 2.47 bits per heavy atom. The molecule has 0 aromatic rings. The molecule has 0 bridgehead atoms. The molecule has 0 radical (unpaired) electrons. The Kier molecular flexibility index (Phi) is 11.9. The average Bonchev–Trinajstić information content (AvgIpc) is 2.37. The molecule has 1 atom stereocenters. The van der Waals surface area contributed by atoms with Crippen LogP contribution < -0.4 is 5.32 Å². The number of rotatable bonds is 11. The molecule has 1 amide bonds. The van der Waals surface area contributed by atoms with Gasteiger partial charge in [-0.25, -0.2) is 4.79 Å². The van der Waals surface area contributed by atoms with Crippen LogP contribution in [-0.4, -0.2) is 36.5 Å². The van der Waals surface area contributed by atoms with Gasteiger partial charge in [-0.15, -0.1) is 0 Å². The number of thioether (sulfide) groups is 1. The Balaban J connectivity index is 3.86. The van der Waals surface area contributed by atoms with Gasteiger partial charge in [-0.2, -0.15) is 11.8 Å². The summed E-state index contributed by atoms with van der Waals surface area (Å²) in [6.07, 6.45) is 8.22. The van der Waals surface area contributed by atoms with Crippen molar-refractivity contribution in [3.05, 3.63) is 0 Å². The van der Waals surface area contributed by atoms with Crippen molar-refractivity contribution in [2.24, 2.45) is 0 Å². The summed E-state index contributed by atoms with van der Waals surface area (Å²) in [5, 5.41) is 2.65.